The maximum Gasteiger partial charge on any atom is 0.325 e. The van der Waals surface area contributed by atoms with E-state index in [2.05, 4.69) is 15.4 Å². The van der Waals surface area contributed by atoms with Crippen molar-refractivity contribution < 1.29 is 19.1 Å². The van der Waals surface area contributed by atoms with Crippen molar-refractivity contribution in [3.8, 4) is 0 Å². The van der Waals surface area contributed by atoms with Gasteiger partial charge < -0.3 is 21.1 Å². The molecule has 7 heteroatoms. The van der Waals surface area contributed by atoms with Crippen molar-refractivity contribution in [3.63, 3.8) is 0 Å². The molecule has 0 spiro atoms. The Morgan fingerprint density at radius 1 is 1.11 bits per heavy atom. The van der Waals surface area contributed by atoms with Crippen molar-refractivity contribution in [3.05, 3.63) is 35.9 Å². The zero-order valence-electron chi connectivity index (χ0n) is 10.2. The summed E-state index contributed by atoms with van der Waals surface area (Å²) in [7, 11) is 0. The number of carbonyl (C=O) groups excluding carboxylic acids is 3. The van der Waals surface area contributed by atoms with Gasteiger partial charge >= 0.3 is 12.0 Å². The van der Waals surface area contributed by atoms with E-state index in [9.17, 15) is 14.4 Å². The van der Waals surface area contributed by atoms with Crippen LogP contribution in [0.15, 0.2) is 30.3 Å². The molecular formula is C12H15N3O4. The Labute approximate surface area is 110 Å². The summed E-state index contributed by atoms with van der Waals surface area (Å²) in [5.74, 6) is -1.48. The van der Waals surface area contributed by atoms with Crippen molar-refractivity contribution in [2.75, 3.05) is 13.2 Å². The Morgan fingerprint density at radius 3 is 2.42 bits per heavy atom. The summed E-state index contributed by atoms with van der Waals surface area (Å²) in [4.78, 5) is 32.7. The maximum absolute atomic E-state index is 11.3. The van der Waals surface area contributed by atoms with E-state index in [0.717, 1.165) is 5.56 Å². The van der Waals surface area contributed by atoms with E-state index in [-0.39, 0.29) is 6.54 Å². The summed E-state index contributed by atoms with van der Waals surface area (Å²) in [6.45, 7) is -0.469. The van der Waals surface area contributed by atoms with Gasteiger partial charge in [0.15, 0.2) is 6.61 Å². The predicted molar refractivity (Wildman–Crippen MR) is 66.8 cm³/mol. The van der Waals surface area contributed by atoms with Crippen LogP contribution in [-0.4, -0.2) is 31.1 Å². The summed E-state index contributed by atoms with van der Waals surface area (Å²) in [5, 5.41) is 4.87. The van der Waals surface area contributed by atoms with E-state index in [4.69, 9.17) is 5.73 Å². The van der Waals surface area contributed by atoms with E-state index in [1.54, 1.807) is 0 Å². The second-order valence-corrected chi connectivity index (χ2v) is 3.65. The monoisotopic (exact) mass is 265 g/mol. The summed E-state index contributed by atoms with van der Waals surface area (Å²) in [6, 6.07) is 8.81. The fraction of sp³-hybridized carbons (Fsp3) is 0.250. The summed E-state index contributed by atoms with van der Waals surface area (Å²) in [6.07, 6.45) is 0. The number of urea groups is 1. The Bertz CT molecular complexity index is 448. The maximum atomic E-state index is 11.3. The first-order valence-corrected chi connectivity index (χ1v) is 5.57. The van der Waals surface area contributed by atoms with Gasteiger partial charge in [0.1, 0.15) is 6.54 Å². The molecule has 0 saturated heterocycles. The van der Waals surface area contributed by atoms with E-state index >= 15 is 0 Å². The molecule has 0 aliphatic carbocycles. The fourth-order valence-electron chi connectivity index (χ4n) is 1.20. The number of hydrogen-bond acceptors (Lipinski definition) is 4. The Kier molecular flexibility index (Phi) is 5.87. The van der Waals surface area contributed by atoms with Gasteiger partial charge in [0.2, 0.25) is 0 Å². The molecule has 7 nitrogen and oxygen atoms in total. The molecule has 1 aromatic carbocycles. The lowest BCUT2D eigenvalue weighted by Gasteiger charge is -2.07. The molecule has 0 heterocycles. The van der Waals surface area contributed by atoms with Crippen LogP contribution in [-0.2, 0) is 20.9 Å². The number of ether oxygens (including phenoxy) is 1. The van der Waals surface area contributed by atoms with Crippen molar-refractivity contribution in [2.24, 2.45) is 5.73 Å². The number of hydrogen-bond donors (Lipinski definition) is 3. The number of nitrogens with two attached hydrogens (primary N) is 1. The number of primary amides is 1. The molecule has 0 radical (unpaired) electrons. The molecule has 0 fully saturated rings. The highest BCUT2D eigenvalue weighted by molar-refractivity contribution is 5.83. The van der Waals surface area contributed by atoms with Gasteiger partial charge in [-0.2, -0.15) is 0 Å². The van der Waals surface area contributed by atoms with Crippen LogP contribution < -0.4 is 16.4 Å². The number of nitrogens with one attached hydrogen (secondary N) is 2. The van der Waals surface area contributed by atoms with Crippen molar-refractivity contribution in [1.29, 1.82) is 0 Å². The van der Waals surface area contributed by atoms with E-state index < -0.39 is 24.5 Å². The van der Waals surface area contributed by atoms with Crippen LogP contribution in [0.1, 0.15) is 5.56 Å². The molecular weight excluding hydrogens is 250 g/mol. The largest absolute Gasteiger partial charge is 0.454 e. The van der Waals surface area contributed by atoms with Crippen LogP contribution in [0, 0.1) is 0 Å². The topological polar surface area (TPSA) is 111 Å². The molecule has 19 heavy (non-hydrogen) atoms. The van der Waals surface area contributed by atoms with Crippen LogP contribution in [0.3, 0.4) is 0 Å². The van der Waals surface area contributed by atoms with Gasteiger partial charge in [-0.15, -0.1) is 0 Å². The van der Waals surface area contributed by atoms with Crippen LogP contribution in [0.5, 0.6) is 0 Å². The minimum absolute atomic E-state index is 0.325. The van der Waals surface area contributed by atoms with Gasteiger partial charge in [-0.25, -0.2) is 4.79 Å². The molecule has 102 valence electrons. The minimum atomic E-state index is -0.748. The van der Waals surface area contributed by atoms with Gasteiger partial charge in [-0.3, -0.25) is 9.59 Å². The van der Waals surface area contributed by atoms with E-state index in [1.165, 1.54) is 0 Å². The number of esters is 1. The third kappa shape index (κ3) is 6.67. The van der Waals surface area contributed by atoms with Gasteiger partial charge in [0.25, 0.3) is 5.91 Å². The third-order valence-electron chi connectivity index (χ3n) is 2.06. The third-order valence-corrected chi connectivity index (χ3v) is 2.06. The van der Waals surface area contributed by atoms with Gasteiger partial charge in [0, 0.05) is 6.54 Å². The van der Waals surface area contributed by atoms with Crippen LogP contribution in [0.2, 0.25) is 0 Å². The first kappa shape index (κ1) is 14.5. The molecule has 0 unspecified atom stereocenters. The van der Waals surface area contributed by atoms with Gasteiger partial charge in [-0.05, 0) is 5.56 Å². The first-order valence-electron chi connectivity index (χ1n) is 5.57. The lowest BCUT2D eigenvalue weighted by molar-refractivity contribution is -0.146. The van der Waals surface area contributed by atoms with Crippen molar-refractivity contribution in [1.82, 2.24) is 10.6 Å². The molecule has 0 bridgehead atoms. The summed E-state index contributed by atoms with van der Waals surface area (Å²) in [5.41, 5.74) is 5.73. The van der Waals surface area contributed by atoms with Crippen LogP contribution in [0.4, 0.5) is 4.79 Å². The summed E-state index contributed by atoms with van der Waals surface area (Å²) < 4.78 is 4.46. The lowest BCUT2D eigenvalue weighted by atomic mass is 10.2. The average Bonchev–Trinajstić information content (AvgIpc) is 2.41. The highest BCUT2D eigenvalue weighted by Crippen LogP contribution is 1.96. The highest BCUT2D eigenvalue weighted by atomic mass is 16.5. The van der Waals surface area contributed by atoms with Crippen LogP contribution >= 0.6 is 0 Å². The zero-order valence-corrected chi connectivity index (χ0v) is 10.2. The predicted octanol–water partition coefficient (Wildman–Crippen LogP) is -0.486. The SMILES string of the molecule is NC(=O)COC(=O)CNC(=O)NCc1ccccc1. The highest BCUT2D eigenvalue weighted by Gasteiger charge is 2.07. The smallest absolute Gasteiger partial charge is 0.325 e. The first-order chi connectivity index (χ1) is 9.08. The lowest BCUT2D eigenvalue weighted by Crippen LogP contribution is -2.39. The molecule has 4 N–H and O–H groups in total. The molecule has 0 aromatic heterocycles. The second-order valence-electron chi connectivity index (χ2n) is 3.65. The molecule has 0 aliphatic heterocycles. The summed E-state index contributed by atoms with van der Waals surface area (Å²) >= 11 is 0. The number of carbonyl (C=O) groups is 3. The average molecular weight is 265 g/mol. The normalized spacial score (nSPS) is 9.47. The Balaban J connectivity index is 2.17. The van der Waals surface area contributed by atoms with Crippen molar-refractivity contribution >= 4 is 17.9 Å². The molecule has 1 rings (SSSR count). The second kappa shape index (κ2) is 7.70. The number of rotatable bonds is 6. The van der Waals surface area contributed by atoms with Gasteiger partial charge in [0.05, 0.1) is 0 Å². The standard InChI is InChI=1S/C12H15N3O4/c13-10(16)8-19-11(17)7-15-12(18)14-6-9-4-2-1-3-5-9/h1-5H,6-8H2,(H2,13,16)(H2,14,15,18). The molecule has 0 atom stereocenters. The fourth-order valence-corrected chi connectivity index (χ4v) is 1.20. The molecule has 3 amide bonds. The Hall–Kier alpha value is -2.57. The van der Waals surface area contributed by atoms with Crippen molar-refractivity contribution in [2.45, 2.75) is 6.54 Å². The number of benzene rings is 1. The quantitative estimate of drug-likeness (QED) is 0.603. The minimum Gasteiger partial charge on any atom is -0.454 e. The molecule has 1 aromatic rings. The van der Waals surface area contributed by atoms with E-state index in [1.807, 2.05) is 30.3 Å². The number of amides is 3. The van der Waals surface area contributed by atoms with Crippen LogP contribution in [0.25, 0.3) is 0 Å². The van der Waals surface area contributed by atoms with E-state index in [0.29, 0.717) is 6.54 Å². The molecule has 0 saturated carbocycles. The molecule has 0 aliphatic rings. The van der Waals surface area contributed by atoms with Gasteiger partial charge in [-0.1, -0.05) is 30.3 Å². The Morgan fingerprint density at radius 2 is 1.79 bits per heavy atom. The zero-order chi connectivity index (χ0) is 14.1.